The topological polar surface area (TPSA) is 61.2 Å². The molecule has 1 heterocycles. The molecule has 0 bridgehead atoms. The van der Waals surface area contributed by atoms with Gasteiger partial charge in [0.25, 0.3) is 0 Å². The molecule has 2 N–H and O–H groups in total. The van der Waals surface area contributed by atoms with E-state index < -0.39 is 0 Å². The molecule has 0 aliphatic rings. The number of nitrogens with two attached hydrogens (primary N) is 1. The van der Waals surface area contributed by atoms with Crippen LogP contribution < -0.4 is 11.5 Å². The van der Waals surface area contributed by atoms with Crippen molar-refractivity contribution in [1.29, 1.82) is 0 Å². The number of anilines is 1. The third kappa shape index (κ3) is 1.01. The molecule has 2 rings (SSSR count). The molecule has 2 aromatic rings. The standard InChI is InChI=1S/C7H5IN2O2/c8-10-5-2-1-4(9)3-6(5)12-7(10)11/h1-3H,9H2. The van der Waals surface area contributed by atoms with Crippen LogP contribution in [-0.2, 0) is 0 Å². The molecule has 0 amide bonds. The van der Waals surface area contributed by atoms with E-state index in [1.54, 1.807) is 18.2 Å². The van der Waals surface area contributed by atoms with Crippen molar-refractivity contribution < 1.29 is 4.42 Å². The summed E-state index contributed by atoms with van der Waals surface area (Å²) in [7, 11) is 0. The lowest BCUT2D eigenvalue weighted by atomic mass is 10.3. The molecular formula is C7H5IN2O2. The van der Waals surface area contributed by atoms with Gasteiger partial charge in [-0.15, -0.1) is 0 Å². The minimum absolute atomic E-state index is 0.379. The van der Waals surface area contributed by atoms with Gasteiger partial charge in [-0.05, 0) is 12.1 Å². The Morgan fingerprint density at radius 2 is 2.25 bits per heavy atom. The lowest BCUT2D eigenvalue weighted by Crippen LogP contribution is -2.02. The number of rotatable bonds is 0. The first-order chi connectivity index (χ1) is 5.68. The van der Waals surface area contributed by atoms with Crippen molar-refractivity contribution in [1.82, 2.24) is 2.78 Å². The van der Waals surface area contributed by atoms with Gasteiger partial charge in [-0.1, -0.05) is 0 Å². The number of fused-ring (bicyclic) bond motifs is 1. The molecule has 5 heteroatoms. The van der Waals surface area contributed by atoms with Crippen LogP contribution in [0.3, 0.4) is 0 Å². The van der Waals surface area contributed by atoms with Crippen LogP contribution in [0.15, 0.2) is 27.4 Å². The minimum atomic E-state index is -0.379. The predicted octanol–water partition coefficient (Wildman–Crippen LogP) is 1.37. The number of halogens is 1. The van der Waals surface area contributed by atoms with E-state index in [4.69, 9.17) is 10.2 Å². The van der Waals surface area contributed by atoms with Crippen molar-refractivity contribution in [2.24, 2.45) is 0 Å². The summed E-state index contributed by atoms with van der Waals surface area (Å²) in [5.74, 6) is -0.379. The van der Waals surface area contributed by atoms with Gasteiger partial charge in [0.1, 0.15) is 5.52 Å². The van der Waals surface area contributed by atoms with Gasteiger partial charge in [0.15, 0.2) is 5.58 Å². The van der Waals surface area contributed by atoms with E-state index in [0.29, 0.717) is 11.3 Å². The SMILES string of the molecule is Nc1ccc2c(c1)oc(=O)n2I. The Labute approximate surface area is 81.5 Å². The zero-order valence-electron chi connectivity index (χ0n) is 5.95. The monoisotopic (exact) mass is 276 g/mol. The number of hydrogen-bond acceptors (Lipinski definition) is 3. The summed E-state index contributed by atoms with van der Waals surface area (Å²) < 4.78 is 6.31. The Hall–Kier alpha value is -0.980. The third-order valence-electron chi connectivity index (χ3n) is 1.55. The highest BCUT2D eigenvalue weighted by molar-refractivity contribution is 14.1. The van der Waals surface area contributed by atoms with Crippen molar-refractivity contribution in [2.75, 3.05) is 5.73 Å². The van der Waals surface area contributed by atoms with Gasteiger partial charge in [-0.3, -0.25) is 0 Å². The number of oxazole rings is 1. The van der Waals surface area contributed by atoms with Crippen molar-refractivity contribution in [2.45, 2.75) is 0 Å². The Kier molecular flexibility index (Phi) is 1.60. The second-order valence-corrected chi connectivity index (χ2v) is 3.34. The molecule has 0 saturated heterocycles. The number of hydrogen-bond donors (Lipinski definition) is 1. The predicted molar refractivity (Wildman–Crippen MR) is 54.3 cm³/mol. The molecule has 0 aliphatic heterocycles. The maximum Gasteiger partial charge on any atom is 0.429 e. The van der Waals surface area contributed by atoms with Crippen molar-refractivity contribution in [3.8, 4) is 0 Å². The quantitative estimate of drug-likeness (QED) is 0.584. The molecule has 0 saturated carbocycles. The summed E-state index contributed by atoms with van der Waals surface area (Å²) in [6.45, 7) is 0. The molecule has 4 nitrogen and oxygen atoms in total. The highest BCUT2D eigenvalue weighted by atomic mass is 127. The number of nitrogen functional groups attached to an aromatic ring is 1. The van der Waals surface area contributed by atoms with E-state index in [2.05, 4.69) is 0 Å². The van der Waals surface area contributed by atoms with Gasteiger partial charge in [-0.25, -0.2) is 7.58 Å². The minimum Gasteiger partial charge on any atom is -0.407 e. The van der Waals surface area contributed by atoms with E-state index in [0.717, 1.165) is 5.52 Å². The average molecular weight is 276 g/mol. The molecule has 0 fully saturated rings. The smallest absolute Gasteiger partial charge is 0.407 e. The average Bonchev–Trinajstić information content (AvgIpc) is 2.28. The van der Waals surface area contributed by atoms with Crippen LogP contribution in [0.4, 0.5) is 5.69 Å². The Bertz CT molecular complexity index is 486. The molecule has 12 heavy (non-hydrogen) atoms. The Morgan fingerprint density at radius 3 is 3.00 bits per heavy atom. The van der Waals surface area contributed by atoms with E-state index in [9.17, 15) is 4.79 Å². The van der Waals surface area contributed by atoms with Gasteiger partial charge in [0, 0.05) is 11.8 Å². The largest absolute Gasteiger partial charge is 0.429 e. The second kappa shape index (κ2) is 2.51. The summed E-state index contributed by atoms with van der Waals surface area (Å²) in [6.07, 6.45) is 0. The fourth-order valence-electron chi connectivity index (χ4n) is 1.01. The molecule has 1 aromatic carbocycles. The first kappa shape index (κ1) is 7.66. The molecule has 62 valence electrons. The van der Waals surface area contributed by atoms with Crippen LogP contribution in [0, 0.1) is 0 Å². The molecular weight excluding hydrogens is 271 g/mol. The fraction of sp³-hybridized carbons (Fsp3) is 0. The van der Waals surface area contributed by atoms with Crippen molar-refractivity contribution in [3.05, 3.63) is 28.7 Å². The fourth-order valence-corrected chi connectivity index (χ4v) is 1.50. The molecule has 0 unspecified atom stereocenters. The zero-order chi connectivity index (χ0) is 8.72. The number of benzene rings is 1. The highest BCUT2D eigenvalue weighted by Crippen LogP contribution is 2.17. The van der Waals surface area contributed by atoms with Crippen LogP contribution in [-0.4, -0.2) is 2.78 Å². The summed E-state index contributed by atoms with van der Waals surface area (Å²) in [6, 6.07) is 5.11. The van der Waals surface area contributed by atoms with Crippen LogP contribution in [0.25, 0.3) is 11.1 Å². The van der Waals surface area contributed by atoms with E-state index in [1.165, 1.54) is 2.78 Å². The van der Waals surface area contributed by atoms with Crippen LogP contribution >= 0.6 is 22.9 Å². The van der Waals surface area contributed by atoms with Crippen LogP contribution in [0.2, 0.25) is 0 Å². The Morgan fingerprint density at radius 1 is 1.50 bits per heavy atom. The lowest BCUT2D eigenvalue weighted by Gasteiger charge is -1.90. The van der Waals surface area contributed by atoms with E-state index in [1.807, 2.05) is 22.9 Å². The first-order valence-electron chi connectivity index (χ1n) is 3.26. The van der Waals surface area contributed by atoms with E-state index >= 15 is 0 Å². The maximum absolute atomic E-state index is 11.0. The summed E-state index contributed by atoms with van der Waals surface area (Å²) in [5, 5.41) is 0. The van der Waals surface area contributed by atoms with Crippen molar-refractivity contribution in [3.63, 3.8) is 0 Å². The molecule has 0 spiro atoms. The number of aromatic nitrogens is 1. The van der Waals surface area contributed by atoms with Gasteiger partial charge < -0.3 is 10.2 Å². The van der Waals surface area contributed by atoms with Crippen LogP contribution in [0.5, 0.6) is 0 Å². The highest BCUT2D eigenvalue weighted by Gasteiger charge is 2.05. The van der Waals surface area contributed by atoms with E-state index in [-0.39, 0.29) is 5.76 Å². The normalized spacial score (nSPS) is 10.8. The van der Waals surface area contributed by atoms with Crippen LogP contribution in [0.1, 0.15) is 0 Å². The maximum atomic E-state index is 11.0. The van der Waals surface area contributed by atoms with Gasteiger partial charge in [-0.2, -0.15) is 0 Å². The molecule has 1 aromatic heterocycles. The first-order valence-corrected chi connectivity index (χ1v) is 4.22. The second-order valence-electron chi connectivity index (χ2n) is 2.38. The molecule has 0 radical (unpaired) electrons. The summed E-state index contributed by atoms with van der Waals surface area (Å²) >= 11 is 1.88. The number of nitrogens with zero attached hydrogens (tertiary/aromatic N) is 1. The molecule has 0 atom stereocenters. The third-order valence-corrected chi connectivity index (χ3v) is 2.47. The van der Waals surface area contributed by atoms with Gasteiger partial charge in [0.2, 0.25) is 0 Å². The van der Waals surface area contributed by atoms with Gasteiger partial charge >= 0.3 is 5.76 Å². The van der Waals surface area contributed by atoms with Gasteiger partial charge in [0.05, 0.1) is 22.9 Å². The summed E-state index contributed by atoms with van der Waals surface area (Å²) in [5.41, 5.74) is 7.37. The Balaban J connectivity index is 2.96. The summed E-state index contributed by atoms with van der Waals surface area (Å²) in [4.78, 5) is 11.0. The zero-order valence-corrected chi connectivity index (χ0v) is 8.11. The lowest BCUT2D eigenvalue weighted by molar-refractivity contribution is 0.553. The van der Waals surface area contributed by atoms with Crippen molar-refractivity contribution >= 4 is 39.7 Å². The molecule has 0 aliphatic carbocycles.